The summed E-state index contributed by atoms with van der Waals surface area (Å²) in [6.45, 7) is 9.40. The van der Waals surface area contributed by atoms with Crippen LogP contribution in [-0.4, -0.2) is 6.54 Å². The summed E-state index contributed by atoms with van der Waals surface area (Å²) in [6, 6.07) is 0. The lowest BCUT2D eigenvalue weighted by atomic mass is 10.1. The molecule has 2 nitrogen and oxygen atoms in total. The van der Waals surface area contributed by atoms with Gasteiger partial charge in [0.15, 0.2) is 0 Å². The van der Waals surface area contributed by atoms with Crippen LogP contribution in [0.4, 0.5) is 0 Å². The normalized spacial score (nSPS) is 13.2. The van der Waals surface area contributed by atoms with Gasteiger partial charge in [0, 0.05) is 17.9 Å². The minimum Gasteiger partial charge on any atom is -0.401 e. The molecule has 3 N–H and O–H groups in total. The average molecular weight is 156 g/mol. The third kappa shape index (κ3) is 3.91. The summed E-state index contributed by atoms with van der Waals surface area (Å²) in [5, 5.41) is 3.32. The minimum atomic E-state index is 0.506. The highest BCUT2D eigenvalue weighted by atomic mass is 14.9. The van der Waals surface area contributed by atoms with E-state index in [0.29, 0.717) is 5.92 Å². The predicted molar refractivity (Wildman–Crippen MR) is 50.0 cm³/mol. The molecule has 0 aliphatic rings. The second-order valence-electron chi connectivity index (χ2n) is 3.18. The van der Waals surface area contributed by atoms with Crippen molar-refractivity contribution >= 4 is 0 Å². The van der Waals surface area contributed by atoms with E-state index in [1.54, 1.807) is 0 Å². The van der Waals surface area contributed by atoms with Crippen molar-refractivity contribution in [2.45, 2.75) is 34.1 Å². The van der Waals surface area contributed by atoms with Crippen molar-refractivity contribution in [3.05, 3.63) is 11.4 Å². The van der Waals surface area contributed by atoms with E-state index in [9.17, 15) is 0 Å². The molecular weight excluding hydrogens is 136 g/mol. The van der Waals surface area contributed by atoms with Crippen molar-refractivity contribution in [2.75, 3.05) is 6.54 Å². The molecule has 2 heteroatoms. The second-order valence-corrected chi connectivity index (χ2v) is 3.18. The second kappa shape index (κ2) is 5.05. The van der Waals surface area contributed by atoms with Crippen LogP contribution in [0.1, 0.15) is 34.1 Å². The first-order valence-corrected chi connectivity index (χ1v) is 4.29. The summed E-state index contributed by atoms with van der Waals surface area (Å²) in [4.78, 5) is 0. The highest BCUT2D eigenvalue weighted by Crippen LogP contribution is 2.07. The van der Waals surface area contributed by atoms with E-state index in [1.807, 2.05) is 6.92 Å². The van der Waals surface area contributed by atoms with Crippen molar-refractivity contribution in [3.63, 3.8) is 0 Å². The number of nitrogens with one attached hydrogen (secondary N) is 1. The van der Waals surface area contributed by atoms with E-state index < -0.39 is 0 Å². The molecular formula is C9H20N2. The Bertz CT molecular complexity index is 132. The predicted octanol–water partition coefficient (Wildman–Crippen LogP) is 1.83. The van der Waals surface area contributed by atoms with Crippen LogP contribution < -0.4 is 11.1 Å². The number of allylic oxidation sites excluding steroid dienone is 2. The fourth-order valence-electron chi connectivity index (χ4n) is 1.06. The van der Waals surface area contributed by atoms with Crippen molar-refractivity contribution in [1.82, 2.24) is 5.32 Å². The molecule has 0 bridgehead atoms. The molecule has 0 amide bonds. The first-order chi connectivity index (χ1) is 5.09. The van der Waals surface area contributed by atoms with Gasteiger partial charge in [-0.2, -0.15) is 0 Å². The molecule has 0 heterocycles. The van der Waals surface area contributed by atoms with Crippen LogP contribution in [0.3, 0.4) is 0 Å². The van der Waals surface area contributed by atoms with Gasteiger partial charge in [0.2, 0.25) is 0 Å². The smallest absolute Gasteiger partial charge is 0.0320 e. The molecule has 0 aliphatic carbocycles. The molecule has 0 aromatic carbocycles. The molecule has 66 valence electrons. The van der Waals surface area contributed by atoms with E-state index in [4.69, 9.17) is 5.73 Å². The molecule has 0 aromatic heterocycles. The molecule has 0 saturated carbocycles. The quantitative estimate of drug-likeness (QED) is 0.651. The van der Waals surface area contributed by atoms with E-state index in [-0.39, 0.29) is 0 Å². The van der Waals surface area contributed by atoms with Crippen LogP contribution in [-0.2, 0) is 0 Å². The van der Waals surface area contributed by atoms with Crippen LogP contribution in [0, 0.1) is 5.92 Å². The maximum atomic E-state index is 5.70. The monoisotopic (exact) mass is 156 g/mol. The first kappa shape index (κ1) is 10.3. The molecule has 0 radical (unpaired) electrons. The lowest BCUT2D eigenvalue weighted by Crippen LogP contribution is -2.22. The third-order valence-corrected chi connectivity index (χ3v) is 1.57. The average Bonchev–Trinajstić information content (AvgIpc) is 1.87. The number of hydrogen-bond acceptors (Lipinski definition) is 2. The topological polar surface area (TPSA) is 38.0 Å². The van der Waals surface area contributed by atoms with Gasteiger partial charge < -0.3 is 11.1 Å². The molecule has 0 spiro atoms. The Morgan fingerprint density at radius 2 is 2.00 bits per heavy atom. The standard InChI is InChI=1S/C9H20N2/c1-5-6-11-9(7(2)3)8(4)10/h7,11H,5-6,10H2,1-4H3/b9-8-. The Balaban J connectivity index is 4.03. The van der Waals surface area contributed by atoms with Gasteiger partial charge in [0.1, 0.15) is 0 Å². The van der Waals surface area contributed by atoms with Crippen LogP contribution in [0.25, 0.3) is 0 Å². The van der Waals surface area contributed by atoms with Crippen molar-refractivity contribution < 1.29 is 0 Å². The SMILES string of the molecule is CCCN/C(=C(/C)N)C(C)C. The largest absolute Gasteiger partial charge is 0.401 e. The highest BCUT2D eigenvalue weighted by molar-refractivity contribution is 5.08. The van der Waals surface area contributed by atoms with E-state index in [1.165, 1.54) is 5.70 Å². The maximum Gasteiger partial charge on any atom is 0.0320 e. The molecule has 0 atom stereocenters. The first-order valence-electron chi connectivity index (χ1n) is 4.29. The summed E-state index contributed by atoms with van der Waals surface area (Å²) in [5.74, 6) is 0.506. The zero-order valence-corrected chi connectivity index (χ0v) is 8.07. The fourth-order valence-corrected chi connectivity index (χ4v) is 1.06. The molecule has 0 aromatic rings. The number of hydrogen-bond donors (Lipinski definition) is 2. The van der Waals surface area contributed by atoms with Gasteiger partial charge in [0.05, 0.1) is 0 Å². The maximum absolute atomic E-state index is 5.70. The highest BCUT2D eigenvalue weighted by Gasteiger charge is 2.03. The Morgan fingerprint density at radius 1 is 1.45 bits per heavy atom. The van der Waals surface area contributed by atoms with E-state index in [2.05, 4.69) is 26.1 Å². The number of nitrogens with two attached hydrogens (primary N) is 1. The Kier molecular flexibility index (Phi) is 4.75. The van der Waals surface area contributed by atoms with Crippen LogP contribution >= 0.6 is 0 Å². The summed E-state index contributed by atoms with van der Waals surface area (Å²) < 4.78 is 0. The van der Waals surface area contributed by atoms with Gasteiger partial charge in [0.25, 0.3) is 0 Å². The molecule has 0 fully saturated rings. The summed E-state index contributed by atoms with van der Waals surface area (Å²) in [7, 11) is 0. The summed E-state index contributed by atoms with van der Waals surface area (Å²) in [6.07, 6.45) is 1.14. The van der Waals surface area contributed by atoms with Crippen LogP contribution in [0.5, 0.6) is 0 Å². The van der Waals surface area contributed by atoms with Gasteiger partial charge in [-0.1, -0.05) is 20.8 Å². The molecule has 0 saturated heterocycles. The lowest BCUT2D eigenvalue weighted by molar-refractivity contribution is 0.632. The van der Waals surface area contributed by atoms with Gasteiger partial charge in [-0.15, -0.1) is 0 Å². The zero-order valence-electron chi connectivity index (χ0n) is 8.07. The lowest BCUT2D eigenvalue weighted by Gasteiger charge is -2.15. The van der Waals surface area contributed by atoms with Crippen LogP contribution in [0.2, 0.25) is 0 Å². The van der Waals surface area contributed by atoms with Gasteiger partial charge in [-0.3, -0.25) is 0 Å². The third-order valence-electron chi connectivity index (χ3n) is 1.57. The Morgan fingerprint density at radius 3 is 2.27 bits per heavy atom. The van der Waals surface area contributed by atoms with Crippen LogP contribution in [0.15, 0.2) is 11.4 Å². The van der Waals surface area contributed by atoms with Gasteiger partial charge in [-0.05, 0) is 19.3 Å². The molecule has 0 unspecified atom stereocenters. The van der Waals surface area contributed by atoms with Gasteiger partial charge >= 0.3 is 0 Å². The minimum absolute atomic E-state index is 0.506. The fraction of sp³-hybridized carbons (Fsp3) is 0.778. The Hall–Kier alpha value is -0.660. The number of rotatable bonds is 4. The van der Waals surface area contributed by atoms with Gasteiger partial charge in [-0.25, -0.2) is 0 Å². The summed E-state index contributed by atoms with van der Waals surface area (Å²) in [5.41, 5.74) is 7.79. The zero-order chi connectivity index (χ0) is 8.85. The molecule has 0 rings (SSSR count). The van der Waals surface area contributed by atoms with E-state index in [0.717, 1.165) is 18.7 Å². The molecule has 11 heavy (non-hydrogen) atoms. The van der Waals surface area contributed by atoms with Crippen molar-refractivity contribution in [2.24, 2.45) is 11.7 Å². The van der Waals surface area contributed by atoms with Crippen molar-refractivity contribution in [1.29, 1.82) is 0 Å². The van der Waals surface area contributed by atoms with E-state index >= 15 is 0 Å². The van der Waals surface area contributed by atoms with Crippen molar-refractivity contribution in [3.8, 4) is 0 Å². The Labute approximate surface area is 69.9 Å². The molecule has 0 aliphatic heterocycles. The summed E-state index contributed by atoms with van der Waals surface area (Å²) >= 11 is 0.